The first kappa shape index (κ1) is 24.7. The van der Waals surface area contributed by atoms with E-state index in [1.807, 2.05) is 12.1 Å². The summed E-state index contributed by atoms with van der Waals surface area (Å²) in [6.45, 7) is 5.35. The standard InChI is InChI=1S/C20H34N8O2/c1-3-5-7-11-29-17-15(13-25-27-19(21)22)9-10-16(14-26-28-20(23)24)18(17)30-12-8-6-4-2/h9-10,13-14H,3-8,11-12H2,1-2H3,(H4,21,22,27)(H4,23,24,28)/b25-13+,26-14+. The fourth-order valence-corrected chi connectivity index (χ4v) is 2.46. The molecule has 0 unspecified atom stereocenters. The number of benzene rings is 1. The van der Waals surface area contributed by atoms with Gasteiger partial charge in [-0.15, -0.1) is 10.2 Å². The summed E-state index contributed by atoms with van der Waals surface area (Å²) in [6.07, 6.45) is 9.19. The van der Waals surface area contributed by atoms with Crippen LogP contribution < -0.4 is 32.4 Å². The van der Waals surface area contributed by atoms with Crippen LogP contribution in [0.15, 0.2) is 32.5 Å². The van der Waals surface area contributed by atoms with Gasteiger partial charge in [0.1, 0.15) is 0 Å². The van der Waals surface area contributed by atoms with Crippen LogP contribution >= 0.6 is 0 Å². The highest BCUT2D eigenvalue weighted by Gasteiger charge is 2.15. The maximum Gasteiger partial charge on any atom is 0.211 e. The summed E-state index contributed by atoms with van der Waals surface area (Å²) in [6, 6.07) is 3.63. The monoisotopic (exact) mass is 418 g/mol. The molecule has 8 N–H and O–H groups in total. The van der Waals surface area contributed by atoms with Gasteiger partial charge in [0.2, 0.25) is 11.9 Å². The molecule has 1 rings (SSSR count). The zero-order valence-electron chi connectivity index (χ0n) is 17.9. The van der Waals surface area contributed by atoms with Crippen LogP contribution in [0, 0.1) is 0 Å². The van der Waals surface area contributed by atoms with Crippen molar-refractivity contribution in [1.82, 2.24) is 0 Å². The normalized spacial score (nSPS) is 11.0. The molecule has 0 amide bonds. The van der Waals surface area contributed by atoms with E-state index in [0.717, 1.165) is 38.5 Å². The Morgan fingerprint density at radius 3 is 1.47 bits per heavy atom. The van der Waals surface area contributed by atoms with Gasteiger partial charge in [-0.1, -0.05) is 39.5 Å². The van der Waals surface area contributed by atoms with Crippen LogP contribution in [-0.4, -0.2) is 37.6 Å². The number of nitrogens with zero attached hydrogens (tertiary/aromatic N) is 4. The van der Waals surface area contributed by atoms with Crippen LogP contribution in [0.5, 0.6) is 11.5 Å². The van der Waals surface area contributed by atoms with Crippen molar-refractivity contribution in [2.24, 2.45) is 43.3 Å². The minimum Gasteiger partial charge on any atom is -0.489 e. The van der Waals surface area contributed by atoms with Crippen molar-refractivity contribution >= 4 is 24.3 Å². The molecule has 0 spiro atoms. The Bertz CT molecular complexity index is 688. The molecule has 0 aromatic heterocycles. The van der Waals surface area contributed by atoms with Crippen molar-refractivity contribution in [3.63, 3.8) is 0 Å². The molecule has 0 heterocycles. The minimum atomic E-state index is -0.131. The Hall–Kier alpha value is -3.30. The van der Waals surface area contributed by atoms with Crippen molar-refractivity contribution in [2.45, 2.75) is 52.4 Å². The Kier molecular flexibility index (Phi) is 12.1. The Balaban J connectivity index is 3.31. The SMILES string of the molecule is CCCCCOc1c(/C=N/N=C(N)N)ccc(/C=N/N=C(N)N)c1OCCCCC. The number of unbranched alkanes of at least 4 members (excludes halogenated alkanes) is 4. The third kappa shape index (κ3) is 9.76. The van der Waals surface area contributed by atoms with Crippen molar-refractivity contribution in [3.05, 3.63) is 23.3 Å². The Morgan fingerprint density at radius 2 is 1.13 bits per heavy atom. The van der Waals surface area contributed by atoms with Crippen LogP contribution in [0.3, 0.4) is 0 Å². The van der Waals surface area contributed by atoms with Gasteiger partial charge in [0.05, 0.1) is 25.6 Å². The van der Waals surface area contributed by atoms with Crippen molar-refractivity contribution < 1.29 is 9.47 Å². The van der Waals surface area contributed by atoms with Crippen molar-refractivity contribution in [2.75, 3.05) is 13.2 Å². The first-order valence-electron chi connectivity index (χ1n) is 10.2. The second-order valence-electron chi connectivity index (χ2n) is 6.55. The molecule has 30 heavy (non-hydrogen) atoms. The fraction of sp³-hybridized carbons (Fsp3) is 0.500. The topological polar surface area (TPSA) is 172 Å². The van der Waals surface area contributed by atoms with Crippen molar-refractivity contribution in [3.8, 4) is 11.5 Å². The van der Waals surface area contributed by atoms with Crippen LogP contribution in [0.25, 0.3) is 0 Å². The van der Waals surface area contributed by atoms with E-state index in [4.69, 9.17) is 32.4 Å². The predicted molar refractivity (Wildman–Crippen MR) is 123 cm³/mol. The smallest absolute Gasteiger partial charge is 0.211 e. The number of nitrogens with two attached hydrogens (primary N) is 4. The van der Waals surface area contributed by atoms with Gasteiger partial charge in [0, 0.05) is 11.1 Å². The van der Waals surface area contributed by atoms with E-state index in [1.165, 1.54) is 12.4 Å². The van der Waals surface area contributed by atoms with Gasteiger partial charge in [-0.05, 0) is 25.0 Å². The maximum absolute atomic E-state index is 6.08. The van der Waals surface area contributed by atoms with Crippen LogP contribution in [0.4, 0.5) is 0 Å². The molecular formula is C20H34N8O2. The highest BCUT2D eigenvalue weighted by molar-refractivity contribution is 5.92. The average Bonchev–Trinajstić information content (AvgIpc) is 2.70. The van der Waals surface area contributed by atoms with Crippen molar-refractivity contribution in [1.29, 1.82) is 0 Å². The maximum atomic E-state index is 6.08. The summed E-state index contributed by atoms with van der Waals surface area (Å²) in [5.41, 5.74) is 22.7. The van der Waals surface area contributed by atoms with E-state index in [0.29, 0.717) is 35.8 Å². The van der Waals surface area contributed by atoms with Gasteiger partial charge in [0.25, 0.3) is 0 Å². The lowest BCUT2D eigenvalue weighted by Crippen LogP contribution is -2.21. The van der Waals surface area contributed by atoms with E-state index < -0.39 is 0 Å². The third-order valence-corrected chi connectivity index (χ3v) is 3.90. The molecule has 1 aromatic carbocycles. The molecular weight excluding hydrogens is 384 g/mol. The minimum absolute atomic E-state index is 0.131. The summed E-state index contributed by atoms with van der Waals surface area (Å²) in [7, 11) is 0. The van der Waals surface area contributed by atoms with E-state index in [2.05, 4.69) is 34.3 Å². The number of rotatable bonds is 14. The van der Waals surface area contributed by atoms with Gasteiger partial charge in [-0.2, -0.15) is 10.2 Å². The Labute approximate surface area is 178 Å². The number of hydrogen-bond donors (Lipinski definition) is 4. The molecule has 0 bridgehead atoms. The summed E-state index contributed by atoms with van der Waals surface area (Å²) in [5, 5.41) is 15.1. The lowest BCUT2D eigenvalue weighted by molar-refractivity contribution is 0.259. The quantitative estimate of drug-likeness (QED) is 0.156. The summed E-state index contributed by atoms with van der Waals surface area (Å²) >= 11 is 0. The largest absolute Gasteiger partial charge is 0.489 e. The van der Waals surface area contributed by atoms with Gasteiger partial charge >= 0.3 is 0 Å². The van der Waals surface area contributed by atoms with Crippen LogP contribution in [0.2, 0.25) is 0 Å². The predicted octanol–water partition coefficient (Wildman–Crippen LogP) is 2.04. The summed E-state index contributed by atoms with van der Waals surface area (Å²) in [5.74, 6) is 0.832. The molecule has 0 aliphatic carbocycles. The molecule has 0 aliphatic heterocycles. The highest BCUT2D eigenvalue weighted by atomic mass is 16.5. The lowest BCUT2D eigenvalue weighted by atomic mass is 10.1. The van der Waals surface area contributed by atoms with Crippen LogP contribution in [0.1, 0.15) is 63.5 Å². The first-order chi connectivity index (χ1) is 14.5. The van der Waals surface area contributed by atoms with Gasteiger partial charge in [0.15, 0.2) is 11.5 Å². The molecule has 0 saturated carbocycles. The number of ether oxygens (including phenoxy) is 2. The first-order valence-corrected chi connectivity index (χ1v) is 10.2. The Morgan fingerprint density at radius 1 is 0.733 bits per heavy atom. The molecule has 10 heteroatoms. The van der Waals surface area contributed by atoms with E-state index in [1.54, 1.807) is 0 Å². The highest BCUT2D eigenvalue weighted by Crippen LogP contribution is 2.34. The van der Waals surface area contributed by atoms with Gasteiger partial charge < -0.3 is 32.4 Å². The van der Waals surface area contributed by atoms with E-state index in [9.17, 15) is 0 Å². The van der Waals surface area contributed by atoms with Gasteiger partial charge in [-0.3, -0.25) is 0 Å². The average molecular weight is 419 g/mol. The summed E-state index contributed by atoms with van der Waals surface area (Å²) < 4.78 is 12.2. The zero-order chi connectivity index (χ0) is 22.2. The molecule has 0 atom stereocenters. The fourth-order valence-electron chi connectivity index (χ4n) is 2.46. The third-order valence-electron chi connectivity index (χ3n) is 3.90. The second-order valence-corrected chi connectivity index (χ2v) is 6.55. The van der Waals surface area contributed by atoms with Crippen LogP contribution in [-0.2, 0) is 0 Å². The molecule has 0 saturated heterocycles. The summed E-state index contributed by atoms with van der Waals surface area (Å²) in [4.78, 5) is 0. The zero-order valence-corrected chi connectivity index (χ0v) is 17.9. The molecule has 166 valence electrons. The van der Waals surface area contributed by atoms with E-state index in [-0.39, 0.29) is 11.9 Å². The van der Waals surface area contributed by atoms with Gasteiger partial charge in [-0.25, -0.2) is 0 Å². The lowest BCUT2D eigenvalue weighted by Gasteiger charge is -2.17. The number of hydrogen-bond acceptors (Lipinski definition) is 6. The molecule has 1 aromatic rings. The molecule has 0 radical (unpaired) electrons. The second kappa shape index (κ2) is 14.7. The van der Waals surface area contributed by atoms with E-state index >= 15 is 0 Å². The molecule has 10 nitrogen and oxygen atoms in total. The molecule has 0 aliphatic rings. The number of guanidine groups is 2. The molecule has 0 fully saturated rings.